The smallest absolute Gasteiger partial charge is 0.335 e. The Hall–Kier alpha value is -2.44. The summed E-state index contributed by atoms with van der Waals surface area (Å²) < 4.78 is 7.72. The van der Waals surface area contributed by atoms with Crippen LogP contribution in [-0.2, 0) is 16.2 Å². The van der Waals surface area contributed by atoms with Crippen LogP contribution in [0.5, 0.6) is 5.75 Å². The highest BCUT2D eigenvalue weighted by Crippen LogP contribution is 2.32. The molecule has 0 aliphatic carbocycles. The number of carbonyl (C=O) groups excluding carboxylic acids is 3. The molecule has 0 bridgehead atoms. The third-order valence-corrected chi connectivity index (χ3v) is 7.32. The number of nitrogens with one attached hydrogen (secondary N) is 1. The molecule has 0 unspecified atom stereocenters. The molecular weight excluding hydrogens is 694 g/mol. The van der Waals surface area contributed by atoms with E-state index >= 15 is 0 Å². The van der Waals surface area contributed by atoms with Gasteiger partial charge in [0.05, 0.1) is 12.8 Å². The number of hydrogen-bond donors (Lipinski definition) is 1. The highest BCUT2D eigenvalue weighted by atomic mass is 127. The first-order valence-electron chi connectivity index (χ1n) is 10.5. The van der Waals surface area contributed by atoms with Gasteiger partial charge < -0.3 is 4.74 Å². The van der Waals surface area contributed by atoms with Crippen molar-refractivity contribution in [3.8, 4) is 5.75 Å². The second kappa shape index (κ2) is 10.7. The van der Waals surface area contributed by atoms with Gasteiger partial charge in [0, 0.05) is 5.02 Å². The van der Waals surface area contributed by atoms with Crippen molar-refractivity contribution in [2.24, 2.45) is 0 Å². The Morgan fingerprint density at radius 3 is 2.37 bits per heavy atom. The summed E-state index contributed by atoms with van der Waals surface area (Å²) in [4.78, 5) is 39.1. The summed E-state index contributed by atoms with van der Waals surface area (Å²) in [6.45, 7) is 4.27. The summed E-state index contributed by atoms with van der Waals surface area (Å²) in [5, 5.41) is 2.65. The molecular formula is C26H19ClI2N2O4. The molecule has 1 heterocycles. The van der Waals surface area contributed by atoms with Gasteiger partial charge in [-0.1, -0.05) is 47.5 Å². The summed E-state index contributed by atoms with van der Waals surface area (Å²) in [7, 11) is 0. The van der Waals surface area contributed by atoms with Crippen LogP contribution in [0.2, 0.25) is 5.02 Å². The second-order valence-electron chi connectivity index (χ2n) is 7.98. The molecule has 0 spiro atoms. The molecule has 4 amide bonds. The van der Waals surface area contributed by atoms with Crippen molar-refractivity contribution < 1.29 is 19.1 Å². The maximum absolute atomic E-state index is 13.2. The van der Waals surface area contributed by atoms with Gasteiger partial charge in [-0.2, -0.15) is 0 Å². The van der Waals surface area contributed by atoms with Crippen LogP contribution in [0, 0.1) is 21.0 Å². The number of benzene rings is 3. The lowest BCUT2D eigenvalue weighted by atomic mass is 10.1. The summed E-state index contributed by atoms with van der Waals surface area (Å²) >= 11 is 10.5. The summed E-state index contributed by atoms with van der Waals surface area (Å²) in [6.07, 6.45) is 1.47. The van der Waals surface area contributed by atoms with E-state index in [0.29, 0.717) is 17.2 Å². The first kappa shape index (κ1) is 25.6. The van der Waals surface area contributed by atoms with Crippen molar-refractivity contribution in [1.82, 2.24) is 5.32 Å². The second-order valence-corrected chi connectivity index (χ2v) is 10.7. The van der Waals surface area contributed by atoms with E-state index in [2.05, 4.69) is 56.6 Å². The van der Waals surface area contributed by atoms with Crippen LogP contribution in [0.3, 0.4) is 0 Å². The molecule has 4 rings (SSSR count). The summed E-state index contributed by atoms with van der Waals surface area (Å²) in [5.41, 5.74) is 3.80. The fraction of sp³-hybridized carbons (Fsp3) is 0.115. The summed E-state index contributed by atoms with van der Waals surface area (Å²) in [6, 6.07) is 15.8. The number of barbiturate groups is 1. The lowest BCUT2D eigenvalue weighted by Gasteiger charge is -2.26. The average molecular weight is 713 g/mol. The van der Waals surface area contributed by atoms with Crippen LogP contribution in [0.25, 0.3) is 6.08 Å². The zero-order chi connectivity index (χ0) is 25.3. The van der Waals surface area contributed by atoms with Crippen molar-refractivity contribution in [2.75, 3.05) is 4.90 Å². The predicted octanol–water partition coefficient (Wildman–Crippen LogP) is 6.41. The predicted molar refractivity (Wildman–Crippen MR) is 153 cm³/mol. The average Bonchev–Trinajstić information content (AvgIpc) is 2.78. The lowest BCUT2D eigenvalue weighted by molar-refractivity contribution is -0.122. The Balaban J connectivity index is 1.62. The molecule has 9 heteroatoms. The number of aryl methyl sites for hydroxylation is 2. The number of amides is 4. The molecule has 0 saturated carbocycles. The molecule has 0 atom stereocenters. The number of halogens is 3. The highest BCUT2D eigenvalue weighted by molar-refractivity contribution is 14.1. The van der Waals surface area contributed by atoms with Gasteiger partial charge >= 0.3 is 6.03 Å². The van der Waals surface area contributed by atoms with E-state index < -0.39 is 17.8 Å². The van der Waals surface area contributed by atoms with E-state index in [1.54, 1.807) is 12.1 Å². The number of anilines is 1. The van der Waals surface area contributed by atoms with Gasteiger partial charge in [0.25, 0.3) is 11.8 Å². The van der Waals surface area contributed by atoms with Crippen molar-refractivity contribution in [3.05, 3.63) is 94.6 Å². The molecule has 3 aromatic carbocycles. The van der Waals surface area contributed by atoms with E-state index in [0.717, 1.165) is 34.5 Å². The Morgan fingerprint density at radius 1 is 1.00 bits per heavy atom. The molecule has 0 radical (unpaired) electrons. The molecule has 3 aromatic rings. The third-order valence-electron chi connectivity index (χ3n) is 5.31. The Labute approximate surface area is 235 Å². The van der Waals surface area contributed by atoms with Gasteiger partial charge in [-0.3, -0.25) is 14.9 Å². The van der Waals surface area contributed by atoms with E-state index in [4.69, 9.17) is 16.3 Å². The van der Waals surface area contributed by atoms with Crippen LogP contribution >= 0.6 is 56.8 Å². The maximum Gasteiger partial charge on any atom is 0.335 e. The van der Waals surface area contributed by atoms with Gasteiger partial charge in [0.15, 0.2) is 0 Å². The molecule has 6 nitrogen and oxygen atoms in total. The third kappa shape index (κ3) is 5.70. The van der Waals surface area contributed by atoms with Crippen LogP contribution in [0.4, 0.5) is 10.5 Å². The topological polar surface area (TPSA) is 75.7 Å². The van der Waals surface area contributed by atoms with Gasteiger partial charge in [-0.25, -0.2) is 9.69 Å². The van der Waals surface area contributed by atoms with Crippen molar-refractivity contribution in [1.29, 1.82) is 0 Å². The summed E-state index contributed by atoms with van der Waals surface area (Å²) in [5.74, 6) is -0.747. The number of rotatable bonds is 5. The van der Waals surface area contributed by atoms with Gasteiger partial charge in [-0.15, -0.1) is 0 Å². The van der Waals surface area contributed by atoms with E-state index in [1.807, 2.05) is 44.2 Å². The lowest BCUT2D eigenvalue weighted by Crippen LogP contribution is -2.54. The number of ether oxygens (including phenoxy) is 1. The number of nitrogens with zero attached hydrogens (tertiary/aromatic N) is 1. The molecule has 1 N–H and O–H groups in total. The van der Waals surface area contributed by atoms with E-state index in [9.17, 15) is 14.4 Å². The highest BCUT2D eigenvalue weighted by Gasteiger charge is 2.37. The molecule has 1 saturated heterocycles. The Morgan fingerprint density at radius 2 is 1.71 bits per heavy atom. The minimum absolute atomic E-state index is 0.152. The van der Waals surface area contributed by atoms with E-state index in [1.165, 1.54) is 12.1 Å². The largest absolute Gasteiger partial charge is 0.487 e. The number of hydrogen-bond acceptors (Lipinski definition) is 4. The van der Waals surface area contributed by atoms with Crippen LogP contribution in [-0.4, -0.2) is 17.8 Å². The number of imide groups is 2. The fourth-order valence-corrected chi connectivity index (χ4v) is 5.84. The molecule has 1 aliphatic heterocycles. The molecule has 0 aromatic heterocycles. The fourth-order valence-electron chi connectivity index (χ4n) is 3.54. The van der Waals surface area contributed by atoms with Crippen molar-refractivity contribution >= 4 is 86.4 Å². The number of carbonyl (C=O) groups is 3. The van der Waals surface area contributed by atoms with Crippen molar-refractivity contribution in [3.63, 3.8) is 0 Å². The minimum atomic E-state index is -0.818. The maximum atomic E-state index is 13.2. The SMILES string of the molecule is Cc1cccc(COc2c(I)cc(/C=C3/C(=O)NC(=O)N(c4ccc(C)c(Cl)c4)C3=O)cc2I)c1. The Bertz CT molecular complexity index is 1380. The zero-order valence-electron chi connectivity index (χ0n) is 18.7. The molecule has 35 heavy (non-hydrogen) atoms. The monoisotopic (exact) mass is 712 g/mol. The van der Waals surface area contributed by atoms with Crippen LogP contribution in [0.1, 0.15) is 22.3 Å². The normalized spacial score (nSPS) is 14.9. The van der Waals surface area contributed by atoms with Crippen molar-refractivity contribution in [2.45, 2.75) is 20.5 Å². The quantitative estimate of drug-likeness (QED) is 0.189. The standard InChI is InChI=1S/C26H19ClI2N2O4/c1-14-4-3-5-16(8-14)13-35-23-21(28)10-17(11-22(23)29)9-19-24(32)30-26(34)31(25(19)33)18-7-6-15(2)20(27)12-18/h3-12H,13H2,1-2H3,(H,30,32,34)/b19-9-. The van der Waals surface area contributed by atoms with E-state index in [-0.39, 0.29) is 11.3 Å². The van der Waals surface area contributed by atoms with Crippen LogP contribution in [0.15, 0.2) is 60.2 Å². The Kier molecular flexibility index (Phi) is 7.82. The van der Waals surface area contributed by atoms with Gasteiger partial charge in [0.1, 0.15) is 17.9 Å². The first-order chi connectivity index (χ1) is 16.6. The molecule has 1 aliphatic rings. The van der Waals surface area contributed by atoms with Gasteiger partial charge in [0.2, 0.25) is 0 Å². The minimum Gasteiger partial charge on any atom is -0.487 e. The molecule has 1 fully saturated rings. The van der Waals surface area contributed by atoms with Gasteiger partial charge in [-0.05, 0) is 106 Å². The first-order valence-corrected chi connectivity index (χ1v) is 13.0. The number of urea groups is 1. The zero-order valence-corrected chi connectivity index (χ0v) is 23.8. The molecule has 178 valence electrons. The van der Waals surface area contributed by atoms with Crippen LogP contribution < -0.4 is 15.0 Å².